The quantitative estimate of drug-likeness (QED) is 0.223. The molecule has 0 saturated heterocycles. The maximum Gasteiger partial charge on any atom is 0.408 e. The number of ether oxygens (including phenoxy) is 1. The molecule has 38 heavy (non-hydrogen) atoms. The van der Waals surface area contributed by atoms with Crippen LogP contribution in [0.1, 0.15) is 111 Å². The van der Waals surface area contributed by atoms with Gasteiger partial charge in [-0.05, 0) is 57.2 Å². The fraction of sp³-hybridized carbons (Fsp3) is 0.700. The Morgan fingerprint density at radius 1 is 0.947 bits per heavy atom. The third kappa shape index (κ3) is 11.7. The van der Waals surface area contributed by atoms with Crippen LogP contribution in [0.3, 0.4) is 0 Å². The molecule has 8 nitrogen and oxygen atoms in total. The first-order valence-corrected chi connectivity index (χ1v) is 14.3. The lowest BCUT2D eigenvalue weighted by Gasteiger charge is -2.36. The van der Waals surface area contributed by atoms with E-state index in [0.29, 0.717) is 25.1 Å². The molecule has 0 saturated carbocycles. The molecule has 0 fully saturated rings. The van der Waals surface area contributed by atoms with Crippen LogP contribution in [0.25, 0.3) is 0 Å². The third-order valence-corrected chi connectivity index (χ3v) is 6.54. The van der Waals surface area contributed by atoms with Gasteiger partial charge in [-0.15, -0.1) is 0 Å². The summed E-state index contributed by atoms with van der Waals surface area (Å²) in [4.78, 5) is 42.1. The minimum absolute atomic E-state index is 0.0837. The van der Waals surface area contributed by atoms with Gasteiger partial charge in [-0.25, -0.2) is 4.79 Å². The zero-order valence-corrected chi connectivity index (χ0v) is 24.6. The number of carbonyl (C=O) groups excluding carboxylic acids is 3. The van der Waals surface area contributed by atoms with E-state index in [2.05, 4.69) is 24.5 Å². The molecule has 0 heterocycles. The second-order valence-electron chi connectivity index (χ2n) is 11.1. The summed E-state index contributed by atoms with van der Waals surface area (Å²) in [5.41, 5.74) is -0.0984. The van der Waals surface area contributed by atoms with Crippen LogP contribution in [-0.4, -0.2) is 52.6 Å². The van der Waals surface area contributed by atoms with Crippen molar-refractivity contribution in [3.8, 4) is 5.75 Å². The van der Waals surface area contributed by atoms with E-state index in [4.69, 9.17) is 4.74 Å². The maximum absolute atomic E-state index is 14.2. The Kier molecular flexibility index (Phi) is 14.8. The van der Waals surface area contributed by atoms with Crippen molar-refractivity contribution in [3.05, 3.63) is 29.8 Å². The van der Waals surface area contributed by atoms with Crippen LogP contribution in [-0.2, 0) is 14.3 Å². The number of benzene rings is 1. The van der Waals surface area contributed by atoms with Gasteiger partial charge in [0.25, 0.3) is 0 Å². The lowest BCUT2D eigenvalue weighted by atomic mass is 9.95. The molecular formula is C30H51N3O5. The molecule has 1 aromatic rings. The molecule has 1 aromatic carbocycles. The molecule has 0 aliphatic carbocycles. The summed E-state index contributed by atoms with van der Waals surface area (Å²) < 4.78 is 5.46. The summed E-state index contributed by atoms with van der Waals surface area (Å²) in [7, 11) is 0. The summed E-state index contributed by atoms with van der Waals surface area (Å²) in [6, 6.07) is 4.66. The van der Waals surface area contributed by atoms with E-state index >= 15 is 0 Å². The number of hydrogen-bond donors (Lipinski definition) is 3. The van der Waals surface area contributed by atoms with E-state index < -0.39 is 23.8 Å². The maximum atomic E-state index is 14.2. The van der Waals surface area contributed by atoms with Gasteiger partial charge in [-0.3, -0.25) is 9.59 Å². The van der Waals surface area contributed by atoms with Crippen LogP contribution >= 0.6 is 0 Å². The highest BCUT2D eigenvalue weighted by Crippen LogP contribution is 2.27. The fourth-order valence-corrected chi connectivity index (χ4v) is 4.16. The first kappa shape index (κ1) is 33.3. The van der Waals surface area contributed by atoms with Gasteiger partial charge in [0.1, 0.15) is 23.4 Å². The Hall–Kier alpha value is -2.77. The second kappa shape index (κ2) is 16.9. The molecule has 216 valence electrons. The van der Waals surface area contributed by atoms with Crippen molar-refractivity contribution < 1.29 is 24.2 Å². The normalized spacial score (nSPS) is 13.8. The fourth-order valence-electron chi connectivity index (χ4n) is 4.16. The van der Waals surface area contributed by atoms with Gasteiger partial charge in [-0.1, -0.05) is 78.4 Å². The van der Waals surface area contributed by atoms with Crippen LogP contribution in [0.5, 0.6) is 5.75 Å². The van der Waals surface area contributed by atoms with Gasteiger partial charge >= 0.3 is 6.09 Å². The molecule has 0 aliphatic heterocycles. The summed E-state index contributed by atoms with van der Waals surface area (Å²) in [6.07, 6.45) is 6.70. The van der Waals surface area contributed by atoms with E-state index in [1.54, 1.807) is 37.8 Å². The lowest BCUT2D eigenvalue weighted by molar-refractivity contribution is -0.143. The van der Waals surface area contributed by atoms with Gasteiger partial charge in [0.15, 0.2) is 0 Å². The minimum Gasteiger partial charge on any atom is -0.508 e. The number of phenolic OH excluding ortho intramolecular Hbond substituents is 1. The topological polar surface area (TPSA) is 108 Å². The number of amides is 3. The largest absolute Gasteiger partial charge is 0.508 e. The van der Waals surface area contributed by atoms with Crippen LogP contribution in [0.15, 0.2) is 24.3 Å². The van der Waals surface area contributed by atoms with Crippen LogP contribution in [0, 0.1) is 5.92 Å². The molecule has 3 N–H and O–H groups in total. The summed E-state index contributed by atoms with van der Waals surface area (Å²) in [6.45, 7) is 14.3. The summed E-state index contributed by atoms with van der Waals surface area (Å²) in [5, 5.41) is 15.7. The molecule has 0 aliphatic rings. The van der Waals surface area contributed by atoms with E-state index in [-0.39, 0.29) is 23.5 Å². The molecule has 0 radical (unpaired) electrons. The predicted octanol–water partition coefficient (Wildman–Crippen LogP) is 6.09. The van der Waals surface area contributed by atoms with Gasteiger partial charge in [0.05, 0.1) is 0 Å². The molecular weight excluding hydrogens is 482 g/mol. The molecule has 3 amide bonds. The van der Waals surface area contributed by atoms with Crippen molar-refractivity contribution in [1.29, 1.82) is 0 Å². The van der Waals surface area contributed by atoms with E-state index in [1.165, 1.54) is 12.1 Å². The highest BCUT2D eigenvalue weighted by molar-refractivity contribution is 5.92. The molecule has 3 atom stereocenters. The van der Waals surface area contributed by atoms with Gasteiger partial charge in [-0.2, -0.15) is 0 Å². The number of unbranched alkanes of at least 4 members (excludes halogenated alkanes) is 5. The first-order valence-electron chi connectivity index (χ1n) is 14.3. The minimum atomic E-state index is -0.891. The van der Waals surface area contributed by atoms with Crippen molar-refractivity contribution in [3.63, 3.8) is 0 Å². The predicted molar refractivity (Wildman–Crippen MR) is 152 cm³/mol. The molecule has 3 unspecified atom stereocenters. The molecule has 1 rings (SSSR count). The van der Waals surface area contributed by atoms with E-state index in [1.807, 2.05) is 13.8 Å². The van der Waals surface area contributed by atoms with Gasteiger partial charge in [0.2, 0.25) is 11.8 Å². The molecule has 0 bridgehead atoms. The number of nitrogens with one attached hydrogen (secondary N) is 2. The van der Waals surface area contributed by atoms with Crippen LogP contribution < -0.4 is 10.6 Å². The zero-order valence-electron chi connectivity index (χ0n) is 24.6. The number of carbonyl (C=O) groups is 3. The monoisotopic (exact) mass is 533 g/mol. The highest BCUT2D eigenvalue weighted by Gasteiger charge is 2.37. The van der Waals surface area contributed by atoms with Gasteiger partial charge < -0.3 is 25.4 Å². The third-order valence-electron chi connectivity index (χ3n) is 6.54. The number of rotatable bonds is 16. The van der Waals surface area contributed by atoms with Gasteiger partial charge in [0, 0.05) is 13.1 Å². The first-order chi connectivity index (χ1) is 17.9. The average Bonchev–Trinajstić information content (AvgIpc) is 2.85. The van der Waals surface area contributed by atoms with E-state index in [9.17, 15) is 19.5 Å². The Labute approximate surface area is 229 Å². The summed E-state index contributed by atoms with van der Waals surface area (Å²) in [5.74, 6) is -0.683. The molecule has 8 heteroatoms. The number of alkyl carbamates (subject to hydrolysis) is 1. The molecule has 0 aromatic heterocycles. The van der Waals surface area contributed by atoms with Crippen LogP contribution in [0.2, 0.25) is 0 Å². The number of hydrogen-bond acceptors (Lipinski definition) is 5. The SMILES string of the molecule is CCCCCCCN(C(=O)C(NC(=O)OC(C)(C)C)C(C)CC)C(C(=O)NCCCC)c1ccc(O)cc1. The van der Waals surface area contributed by atoms with Crippen molar-refractivity contribution in [1.82, 2.24) is 15.5 Å². The zero-order chi connectivity index (χ0) is 28.7. The Balaban J connectivity index is 3.43. The number of nitrogens with zero attached hydrogens (tertiary/aromatic N) is 1. The highest BCUT2D eigenvalue weighted by atomic mass is 16.6. The van der Waals surface area contributed by atoms with Crippen LogP contribution in [0.4, 0.5) is 4.79 Å². The van der Waals surface area contributed by atoms with Crippen molar-refractivity contribution in [2.45, 2.75) is 118 Å². The molecule has 0 spiro atoms. The Morgan fingerprint density at radius 2 is 1.55 bits per heavy atom. The average molecular weight is 534 g/mol. The summed E-state index contributed by atoms with van der Waals surface area (Å²) >= 11 is 0. The number of aromatic hydroxyl groups is 1. The van der Waals surface area contributed by atoms with Crippen molar-refractivity contribution in [2.24, 2.45) is 5.92 Å². The standard InChI is InChI=1S/C30H51N3O5/c1-8-11-13-14-15-21-33(28(36)25(22(4)10-3)32-29(37)38-30(5,6)7)26(27(35)31-20-12-9-2)23-16-18-24(34)19-17-23/h16-19,22,25-26,34H,8-15,20-21H2,1-7H3,(H,31,35)(H,32,37). The smallest absolute Gasteiger partial charge is 0.408 e. The Morgan fingerprint density at radius 3 is 2.11 bits per heavy atom. The Bertz CT molecular complexity index is 850. The van der Waals surface area contributed by atoms with E-state index in [0.717, 1.165) is 44.9 Å². The van der Waals surface area contributed by atoms with Crippen molar-refractivity contribution in [2.75, 3.05) is 13.1 Å². The van der Waals surface area contributed by atoms with Crippen molar-refractivity contribution >= 4 is 17.9 Å². The second-order valence-corrected chi connectivity index (χ2v) is 11.1. The number of phenols is 1. The lowest BCUT2D eigenvalue weighted by Crippen LogP contribution is -2.55.